The largest absolute Gasteiger partial charge is 0.497 e. The van der Waals surface area contributed by atoms with E-state index in [0.717, 1.165) is 42.9 Å². The molecule has 1 saturated carbocycles. The van der Waals surface area contributed by atoms with Gasteiger partial charge in [-0.05, 0) is 49.4 Å². The summed E-state index contributed by atoms with van der Waals surface area (Å²) in [5.74, 6) is 0.740. The number of hydrogen-bond donors (Lipinski definition) is 0. The van der Waals surface area contributed by atoms with Crippen molar-refractivity contribution < 1.29 is 14.3 Å². The number of aliphatic imine (C=N–C) groups is 1. The van der Waals surface area contributed by atoms with Gasteiger partial charge in [0, 0.05) is 24.8 Å². The number of allylic oxidation sites excluding steroid dienone is 1. The van der Waals surface area contributed by atoms with Crippen LogP contribution in [0.15, 0.2) is 34.8 Å². The molecule has 1 aromatic rings. The van der Waals surface area contributed by atoms with Gasteiger partial charge in [0.15, 0.2) is 0 Å². The van der Waals surface area contributed by atoms with Gasteiger partial charge in [0.25, 0.3) is 0 Å². The zero-order valence-corrected chi connectivity index (χ0v) is 15.5. The molecule has 5 rings (SSSR count). The van der Waals surface area contributed by atoms with Crippen molar-refractivity contribution in [3.63, 3.8) is 0 Å². The Morgan fingerprint density at radius 1 is 1.38 bits per heavy atom. The number of piperidine rings is 2. The van der Waals surface area contributed by atoms with Crippen LogP contribution in [0.3, 0.4) is 0 Å². The first kappa shape index (κ1) is 16.1. The summed E-state index contributed by atoms with van der Waals surface area (Å²) < 4.78 is 10.8. The van der Waals surface area contributed by atoms with Gasteiger partial charge >= 0.3 is 5.97 Å². The quantitative estimate of drug-likeness (QED) is 0.607. The van der Waals surface area contributed by atoms with Crippen molar-refractivity contribution >= 4 is 17.4 Å². The number of nitrogens with zero attached hydrogens (tertiary/aromatic N) is 2. The minimum Gasteiger partial charge on any atom is -0.497 e. The Bertz CT molecular complexity index is 859. The topological polar surface area (TPSA) is 51.1 Å². The van der Waals surface area contributed by atoms with E-state index in [4.69, 9.17) is 14.5 Å². The first-order chi connectivity index (χ1) is 12.6. The molecule has 0 spiro atoms. The van der Waals surface area contributed by atoms with Crippen LogP contribution in [0.2, 0.25) is 0 Å². The van der Waals surface area contributed by atoms with E-state index in [1.807, 2.05) is 12.1 Å². The maximum Gasteiger partial charge on any atom is 0.310 e. The van der Waals surface area contributed by atoms with Crippen molar-refractivity contribution in [1.29, 1.82) is 0 Å². The lowest BCUT2D eigenvalue weighted by Gasteiger charge is -2.59. The molecule has 4 atom stereocenters. The minimum atomic E-state index is -0.351. The van der Waals surface area contributed by atoms with E-state index < -0.39 is 0 Å². The third kappa shape index (κ3) is 1.79. The maximum absolute atomic E-state index is 13.1. The van der Waals surface area contributed by atoms with Gasteiger partial charge in [0.05, 0.1) is 31.2 Å². The highest BCUT2D eigenvalue weighted by molar-refractivity contribution is 6.09. The number of methoxy groups -OCH3 is 2. The summed E-state index contributed by atoms with van der Waals surface area (Å²) in [5.41, 5.74) is 4.33. The van der Waals surface area contributed by atoms with Gasteiger partial charge in [0.1, 0.15) is 5.75 Å². The van der Waals surface area contributed by atoms with Gasteiger partial charge in [-0.2, -0.15) is 0 Å². The average molecular weight is 352 g/mol. The number of ether oxygens (including phenoxy) is 2. The Hall–Kier alpha value is -2.14. The minimum absolute atomic E-state index is 0.105. The normalized spacial score (nSPS) is 35.7. The summed E-state index contributed by atoms with van der Waals surface area (Å²) in [6, 6.07) is 6.41. The second kappa shape index (κ2) is 5.43. The molecule has 0 aromatic heterocycles. The molecule has 2 saturated heterocycles. The molecule has 3 heterocycles. The van der Waals surface area contributed by atoms with E-state index in [1.165, 1.54) is 18.4 Å². The fourth-order valence-electron chi connectivity index (χ4n) is 5.92. The van der Waals surface area contributed by atoms with Crippen LogP contribution in [-0.4, -0.2) is 49.9 Å². The number of carbonyl (C=O) groups is 1. The number of esters is 1. The van der Waals surface area contributed by atoms with Gasteiger partial charge in [-0.3, -0.25) is 14.7 Å². The smallest absolute Gasteiger partial charge is 0.310 e. The number of benzene rings is 1. The van der Waals surface area contributed by atoms with E-state index >= 15 is 0 Å². The van der Waals surface area contributed by atoms with Gasteiger partial charge < -0.3 is 9.47 Å². The summed E-state index contributed by atoms with van der Waals surface area (Å²) in [6.07, 6.45) is 4.08. The Kier molecular flexibility index (Phi) is 3.35. The predicted molar refractivity (Wildman–Crippen MR) is 99.1 cm³/mol. The third-order valence-electron chi connectivity index (χ3n) is 7.03. The fourth-order valence-corrected chi connectivity index (χ4v) is 5.92. The zero-order valence-electron chi connectivity index (χ0n) is 15.5. The van der Waals surface area contributed by atoms with E-state index in [9.17, 15) is 4.79 Å². The first-order valence-electron chi connectivity index (χ1n) is 9.38. The van der Waals surface area contributed by atoms with E-state index in [2.05, 4.69) is 24.0 Å². The number of carbonyl (C=O) groups excluding carboxylic acids is 1. The molecule has 0 amide bonds. The first-order valence-corrected chi connectivity index (χ1v) is 9.38. The highest BCUT2D eigenvalue weighted by Gasteiger charge is 2.65. The Morgan fingerprint density at radius 2 is 2.23 bits per heavy atom. The molecule has 1 aliphatic carbocycles. The van der Waals surface area contributed by atoms with Gasteiger partial charge in [0.2, 0.25) is 0 Å². The maximum atomic E-state index is 13.1. The summed E-state index contributed by atoms with van der Waals surface area (Å²) >= 11 is 0. The molecule has 1 aromatic carbocycles. The molecular formula is C21H24N2O3. The van der Waals surface area contributed by atoms with Crippen LogP contribution in [-0.2, 0) is 14.9 Å². The van der Waals surface area contributed by atoms with Crippen LogP contribution in [0.4, 0.5) is 5.69 Å². The van der Waals surface area contributed by atoms with Crippen LogP contribution in [0.1, 0.15) is 25.3 Å². The second-order valence-electron chi connectivity index (χ2n) is 7.79. The van der Waals surface area contributed by atoms with Crippen LogP contribution in [0.25, 0.3) is 0 Å². The van der Waals surface area contributed by atoms with Crippen molar-refractivity contribution in [3.05, 3.63) is 35.4 Å². The molecule has 5 heteroatoms. The zero-order chi connectivity index (χ0) is 18.1. The van der Waals surface area contributed by atoms with Gasteiger partial charge in [-0.15, -0.1) is 0 Å². The van der Waals surface area contributed by atoms with E-state index in [0.29, 0.717) is 6.04 Å². The van der Waals surface area contributed by atoms with Crippen molar-refractivity contribution in [3.8, 4) is 5.75 Å². The summed E-state index contributed by atoms with van der Waals surface area (Å²) in [6.45, 7) is 4.01. The summed E-state index contributed by atoms with van der Waals surface area (Å²) in [7, 11) is 3.20. The highest BCUT2D eigenvalue weighted by atomic mass is 16.5. The average Bonchev–Trinajstić information content (AvgIpc) is 3.02. The van der Waals surface area contributed by atoms with Crippen molar-refractivity contribution in [1.82, 2.24) is 4.90 Å². The third-order valence-corrected chi connectivity index (χ3v) is 7.03. The molecule has 3 fully saturated rings. The molecule has 0 unspecified atom stereocenters. The fraction of sp³-hybridized carbons (Fsp3) is 0.524. The van der Waals surface area contributed by atoms with Crippen LogP contribution in [0, 0.1) is 11.8 Å². The van der Waals surface area contributed by atoms with Crippen LogP contribution in [0.5, 0.6) is 5.75 Å². The number of rotatable bonds is 2. The molecule has 4 aliphatic rings. The number of fused-ring (bicyclic) bond motifs is 2. The molecule has 3 aliphatic heterocycles. The standard InChI is InChI=1S/C21H24N2O3/c1-4-12-11-23-8-7-21-15-9-13(25-2)5-6-16(15)22-19(21)17(23)10-14(12)18(21)20(24)26-3/h4-6,9,14,17-18H,7-8,10-11H2,1-3H3/b12-4+/t14-,17-,18+,21-/m0/s1. The molecule has 26 heavy (non-hydrogen) atoms. The SMILES string of the molecule is C/C=C1\CN2CC[C@]34C(=Nc5ccc(OC)cc53)[C@@H]2C[C@@H]1[C@@H]4C(=O)OC. The second-order valence-corrected chi connectivity index (χ2v) is 7.79. The van der Waals surface area contributed by atoms with Crippen molar-refractivity contribution in [2.75, 3.05) is 27.3 Å². The lowest BCUT2D eigenvalue weighted by Crippen LogP contribution is -2.68. The highest BCUT2D eigenvalue weighted by Crippen LogP contribution is 2.60. The molecular weight excluding hydrogens is 328 g/mol. The lowest BCUT2D eigenvalue weighted by atomic mass is 9.51. The van der Waals surface area contributed by atoms with Gasteiger partial charge in [-0.25, -0.2) is 0 Å². The summed E-state index contributed by atoms with van der Waals surface area (Å²) in [4.78, 5) is 20.7. The van der Waals surface area contributed by atoms with Gasteiger partial charge in [-0.1, -0.05) is 11.6 Å². The van der Waals surface area contributed by atoms with Crippen molar-refractivity contribution in [2.45, 2.75) is 31.2 Å². The van der Waals surface area contributed by atoms with Crippen LogP contribution >= 0.6 is 0 Å². The van der Waals surface area contributed by atoms with Crippen molar-refractivity contribution in [2.24, 2.45) is 16.8 Å². The summed E-state index contributed by atoms with van der Waals surface area (Å²) in [5, 5.41) is 0. The molecule has 5 nitrogen and oxygen atoms in total. The van der Waals surface area contributed by atoms with Crippen LogP contribution < -0.4 is 4.74 Å². The predicted octanol–water partition coefficient (Wildman–Crippen LogP) is 2.86. The molecule has 3 bridgehead atoms. The Balaban J connectivity index is 1.77. The van der Waals surface area contributed by atoms with E-state index in [1.54, 1.807) is 7.11 Å². The molecule has 0 N–H and O–H groups in total. The lowest BCUT2D eigenvalue weighted by molar-refractivity contribution is -0.151. The Morgan fingerprint density at radius 3 is 2.96 bits per heavy atom. The molecule has 136 valence electrons. The number of hydrogen-bond acceptors (Lipinski definition) is 5. The Labute approximate surface area is 153 Å². The monoisotopic (exact) mass is 352 g/mol. The van der Waals surface area contributed by atoms with E-state index in [-0.39, 0.29) is 23.2 Å². The molecule has 0 radical (unpaired) electrons.